The van der Waals surface area contributed by atoms with Crippen LogP contribution in [0.3, 0.4) is 0 Å². The molecule has 0 spiro atoms. The van der Waals surface area contributed by atoms with Crippen molar-refractivity contribution in [3.63, 3.8) is 0 Å². The third-order valence-corrected chi connectivity index (χ3v) is 0.987. The minimum absolute atomic E-state index is 0.235. The van der Waals surface area contributed by atoms with Gasteiger partial charge in [-0.15, -0.1) is 0 Å². The van der Waals surface area contributed by atoms with Gasteiger partial charge in [-0.3, -0.25) is 4.79 Å². The van der Waals surface area contributed by atoms with E-state index in [0.29, 0.717) is 0 Å². The predicted molar refractivity (Wildman–Crippen MR) is 35.5 cm³/mol. The second-order valence-electron chi connectivity index (χ2n) is 2.06. The average molecular weight is 188 g/mol. The van der Waals surface area contributed by atoms with Gasteiger partial charge in [0, 0.05) is 6.54 Å². The number of alkyl halides is 3. The molecule has 11 heavy (non-hydrogen) atoms. The Labute approximate surface area is 67.3 Å². The molecule has 6 heteroatoms. The van der Waals surface area contributed by atoms with Gasteiger partial charge in [0.2, 0.25) is 0 Å². The summed E-state index contributed by atoms with van der Waals surface area (Å²) in [6, 6.07) is 0. The van der Waals surface area contributed by atoms with Crippen molar-refractivity contribution in [1.82, 2.24) is 5.32 Å². The number of hydrogen-bond donors (Lipinski definition) is 2. The van der Waals surface area contributed by atoms with Crippen LogP contribution in [0.25, 0.3) is 0 Å². The molecule has 0 aromatic heterocycles. The maximum Gasteiger partial charge on any atom is 0.399 e. The Balaban J connectivity index is 3.71. The highest BCUT2D eigenvalue weighted by atomic mass is 35.5. The van der Waals surface area contributed by atoms with Crippen LogP contribution in [0.5, 0.6) is 0 Å². The highest BCUT2D eigenvalue weighted by Crippen LogP contribution is 2.17. The Hall–Kier alpha value is -0.420. The Morgan fingerprint density at radius 1 is 1.82 bits per heavy atom. The van der Waals surface area contributed by atoms with Crippen LogP contribution in [-0.2, 0) is 4.79 Å². The Bertz CT molecular complexity index is 146. The number of halogens is 3. The average Bonchev–Trinajstić information content (AvgIpc) is 1.80. The van der Waals surface area contributed by atoms with Crippen LogP contribution < -0.4 is 5.32 Å². The topological polar surface area (TPSA) is 49.3 Å². The lowest BCUT2D eigenvalue weighted by Crippen LogP contribution is -2.39. The second kappa shape index (κ2) is 3.82. The maximum absolute atomic E-state index is 11.8. The van der Waals surface area contributed by atoms with Crippen LogP contribution in [0.4, 0.5) is 8.78 Å². The number of carbonyl (C=O) groups is 1. The highest BCUT2D eigenvalue weighted by molar-refractivity contribution is 6.32. The number of aliphatic hydroxyl groups is 1. The van der Waals surface area contributed by atoms with Gasteiger partial charge >= 0.3 is 11.3 Å². The van der Waals surface area contributed by atoms with Crippen molar-refractivity contribution < 1.29 is 18.7 Å². The predicted octanol–water partition coefficient (Wildman–Crippen LogP) is 0.315. The van der Waals surface area contributed by atoms with Crippen molar-refractivity contribution >= 4 is 17.5 Å². The smallest absolute Gasteiger partial charge is 0.392 e. The number of nitrogens with one attached hydrogen (secondary N) is 1. The molecular weight excluding hydrogens is 180 g/mol. The monoisotopic (exact) mass is 187 g/mol. The molecule has 0 bridgehead atoms. The summed E-state index contributed by atoms with van der Waals surface area (Å²) in [5.74, 6) is -1.60. The summed E-state index contributed by atoms with van der Waals surface area (Å²) in [4.78, 5) is 10.3. The molecular formula is C5H8ClF2NO2. The SMILES string of the molecule is C[C@H](O)CNC(=O)C(F)(F)Cl. The normalized spacial score (nSPS) is 14.3. The molecule has 0 radical (unpaired) electrons. The van der Waals surface area contributed by atoms with Crippen molar-refractivity contribution in [3.8, 4) is 0 Å². The van der Waals surface area contributed by atoms with Gasteiger partial charge in [0.15, 0.2) is 0 Å². The van der Waals surface area contributed by atoms with Gasteiger partial charge < -0.3 is 10.4 Å². The molecule has 1 amide bonds. The van der Waals surface area contributed by atoms with Crippen LogP contribution in [-0.4, -0.2) is 29.0 Å². The first-order valence-electron chi connectivity index (χ1n) is 2.87. The summed E-state index contributed by atoms with van der Waals surface area (Å²) in [5.41, 5.74) is 0. The summed E-state index contributed by atoms with van der Waals surface area (Å²) in [6.07, 6.45) is -0.863. The Morgan fingerprint density at radius 3 is 2.55 bits per heavy atom. The Morgan fingerprint density at radius 2 is 2.27 bits per heavy atom. The first-order chi connectivity index (χ1) is 4.84. The van der Waals surface area contributed by atoms with E-state index in [1.807, 2.05) is 0 Å². The molecule has 3 nitrogen and oxygen atoms in total. The quantitative estimate of drug-likeness (QED) is 0.625. The third-order valence-electron chi connectivity index (χ3n) is 0.815. The van der Waals surface area contributed by atoms with Crippen LogP contribution in [0, 0.1) is 0 Å². The molecule has 0 saturated heterocycles. The van der Waals surface area contributed by atoms with Gasteiger partial charge in [-0.1, -0.05) is 0 Å². The second-order valence-corrected chi connectivity index (χ2v) is 2.53. The molecule has 0 fully saturated rings. The van der Waals surface area contributed by atoms with Crippen molar-refractivity contribution in [1.29, 1.82) is 0 Å². The first-order valence-corrected chi connectivity index (χ1v) is 3.25. The molecule has 1 atom stereocenters. The van der Waals surface area contributed by atoms with E-state index in [1.54, 1.807) is 5.32 Å². The zero-order chi connectivity index (χ0) is 9.07. The van der Waals surface area contributed by atoms with E-state index in [0.717, 1.165) is 0 Å². The fraction of sp³-hybridized carbons (Fsp3) is 0.800. The van der Waals surface area contributed by atoms with Crippen molar-refractivity contribution in [2.45, 2.75) is 18.4 Å². The van der Waals surface area contributed by atoms with Crippen molar-refractivity contribution in [3.05, 3.63) is 0 Å². The zero-order valence-electron chi connectivity index (χ0n) is 5.77. The van der Waals surface area contributed by atoms with E-state index < -0.39 is 17.4 Å². The zero-order valence-corrected chi connectivity index (χ0v) is 6.53. The van der Waals surface area contributed by atoms with Gasteiger partial charge in [-0.2, -0.15) is 8.78 Å². The summed E-state index contributed by atoms with van der Waals surface area (Å²) in [6.45, 7) is 1.12. The van der Waals surface area contributed by atoms with Gasteiger partial charge in [-0.25, -0.2) is 0 Å². The number of rotatable bonds is 3. The number of carbonyl (C=O) groups excluding carboxylic acids is 1. The number of amides is 1. The fourth-order valence-electron chi connectivity index (χ4n) is 0.341. The van der Waals surface area contributed by atoms with E-state index in [2.05, 4.69) is 11.6 Å². The Kier molecular flexibility index (Phi) is 3.68. The standard InChI is InChI=1S/C5H8ClF2NO2/c1-3(10)2-9-4(11)5(6,7)8/h3,10H,2H2,1H3,(H,9,11)/t3-/m0/s1. The molecule has 0 rings (SSSR count). The molecule has 66 valence electrons. The van der Waals surface area contributed by atoms with Gasteiger partial charge in [-0.05, 0) is 18.5 Å². The summed E-state index contributed by atoms with van der Waals surface area (Å²) >= 11 is 4.34. The lowest BCUT2D eigenvalue weighted by atomic mass is 10.4. The van der Waals surface area contributed by atoms with Crippen molar-refractivity contribution in [2.24, 2.45) is 0 Å². The molecule has 0 saturated carbocycles. The molecule has 0 aliphatic carbocycles. The van der Waals surface area contributed by atoms with Crippen molar-refractivity contribution in [2.75, 3.05) is 6.54 Å². The van der Waals surface area contributed by atoms with E-state index in [9.17, 15) is 13.6 Å². The molecule has 2 N–H and O–H groups in total. The summed E-state index contributed by atoms with van der Waals surface area (Å²) in [5, 5.41) is 6.42. The van der Waals surface area contributed by atoms with Gasteiger partial charge in [0.1, 0.15) is 0 Å². The van der Waals surface area contributed by atoms with Crippen LogP contribution in [0.2, 0.25) is 0 Å². The largest absolute Gasteiger partial charge is 0.399 e. The number of aliphatic hydroxyl groups excluding tert-OH is 1. The van der Waals surface area contributed by atoms with Crippen LogP contribution in [0.15, 0.2) is 0 Å². The first kappa shape index (κ1) is 10.6. The van der Waals surface area contributed by atoms with E-state index in [4.69, 9.17) is 5.11 Å². The molecule has 0 heterocycles. The minimum atomic E-state index is -3.89. The molecule has 0 aliphatic rings. The number of hydrogen-bond acceptors (Lipinski definition) is 2. The minimum Gasteiger partial charge on any atom is -0.392 e. The van der Waals surface area contributed by atoms with Crippen LogP contribution in [0.1, 0.15) is 6.92 Å². The third kappa shape index (κ3) is 4.92. The van der Waals surface area contributed by atoms with Crippen LogP contribution >= 0.6 is 11.6 Å². The van der Waals surface area contributed by atoms with E-state index >= 15 is 0 Å². The van der Waals surface area contributed by atoms with Gasteiger partial charge in [0.25, 0.3) is 0 Å². The fourth-order valence-corrected chi connectivity index (χ4v) is 0.407. The van der Waals surface area contributed by atoms with Gasteiger partial charge in [0.05, 0.1) is 6.10 Å². The maximum atomic E-state index is 11.8. The summed E-state index contributed by atoms with van der Waals surface area (Å²) in [7, 11) is 0. The van der Waals surface area contributed by atoms with E-state index in [1.165, 1.54) is 6.92 Å². The summed E-state index contributed by atoms with van der Waals surface area (Å²) < 4.78 is 23.7. The lowest BCUT2D eigenvalue weighted by molar-refractivity contribution is -0.136. The van der Waals surface area contributed by atoms with E-state index in [-0.39, 0.29) is 6.54 Å². The molecule has 0 aromatic carbocycles. The highest BCUT2D eigenvalue weighted by Gasteiger charge is 2.35. The molecule has 0 aliphatic heterocycles. The lowest BCUT2D eigenvalue weighted by Gasteiger charge is -2.09. The molecule has 0 unspecified atom stereocenters. The molecule has 0 aromatic rings.